The molecule has 0 aliphatic rings. The van der Waals surface area contributed by atoms with Crippen LogP contribution in [0.4, 0.5) is 0 Å². The van der Waals surface area contributed by atoms with Crippen LogP contribution >= 0.6 is 22.6 Å². The maximum Gasteiger partial charge on any atom is 0.349 e. The predicted octanol–water partition coefficient (Wildman–Crippen LogP) is 5.80. The highest BCUT2D eigenvalue weighted by Gasteiger charge is 2.21. The van der Waals surface area contributed by atoms with Gasteiger partial charge in [-0.05, 0) is 34.3 Å². The number of hydrogen-bond donors (Lipinski definition) is 0. The van der Waals surface area contributed by atoms with Crippen LogP contribution in [0.5, 0.6) is 0 Å². The maximum atomic E-state index is 12.8. The van der Waals surface area contributed by atoms with E-state index in [1.807, 2.05) is 60.7 Å². The molecule has 0 radical (unpaired) electrons. The molecule has 140 valence electrons. The molecular formula is C23H24INO2. The average molecular weight is 473 g/mol. The monoisotopic (exact) mass is 473 g/mol. The molecule has 0 heterocycles. The smallest absolute Gasteiger partial charge is 0.349 e. The van der Waals surface area contributed by atoms with Crippen molar-refractivity contribution in [3.63, 3.8) is 0 Å². The number of nitriles is 1. The largest absolute Gasteiger partial charge is 0.461 e. The van der Waals surface area contributed by atoms with Gasteiger partial charge < -0.3 is 4.74 Å². The average Bonchev–Trinajstić information content (AvgIpc) is 2.73. The van der Waals surface area contributed by atoms with Crippen LogP contribution in [-0.4, -0.2) is 17.0 Å². The minimum Gasteiger partial charge on any atom is -0.461 e. The van der Waals surface area contributed by atoms with Crippen LogP contribution in [0.1, 0.15) is 37.3 Å². The number of rotatable bonds is 9. The third-order valence-electron chi connectivity index (χ3n) is 4.46. The molecule has 0 aromatic heterocycles. The molecule has 0 saturated carbocycles. The molecule has 27 heavy (non-hydrogen) atoms. The second kappa shape index (κ2) is 11.6. The number of carbonyl (C=O) groups excluding carboxylic acids is 1. The molecule has 4 heteroatoms. The molecule has 0 aliphatic carbocycles. The zero-order valence-electron chi connectivity index (χ0n) is 15.5. The molecule has 2 aromatic rings. The van der Waals surface area contributed by atoms with E-state index in [9.17, 15) is 10.1 Å². The number of carbonyl (C=O) groups is 1. The van der Waals surface area contributed by atoms with Crippen LogP contribution in [-0.2, 0) is 9.53 Å². The summed E-state index contributed by atoms with van der Waals surface area (Å²) < 4.78 is 6.64. The lowest BCUT2D eigenvalue weighted by atomic mass is 9.93. The Kier molecular flexibility index (Phi) is 9.06. The number of nitrogens with zero attached hydrogens (tertiary/aromatic N) is 1. The summed E-state index contributed by atoms with van der Waals surface area (Å²) in [5.74, 6) is -0.214. The van der Waals surface area contributed by atoms with Gasteiger partial charge in [0.2, 0.25) is 0 Å². The molecule has 3 nitrogen and oxygen atoms in total. The number of esters is 1. The molecule has 2 aromatic carbocycles. The van der Waals surface area contributed by atoms with Crippen LogP contribution < -0.4 is 0 Å². The van der Waals surface area contributed by atoms with Crippen LogP contribution in [0, 0.1) is 17.2 Å². The van der Waals surface area contributed by atoms with Crippen molar-refractivity contribution in [1.82, 2.24) is 0 Å². The normalized spacial score (nSPS) is 11.3. The van der Waals surface area contributed by atoms with Crippen LogP contribution in [0.3, 0.4) is 0 Å². The standard InChI is InChI=1S/C23H24INO2/c1-2-18(10-9-15-24)17-27-23(26)21(16-25)22(19-11-5-3-6-12-19)20-13-7-4-8-14-20/h3-8,11-14,18H,2,9-10,15,17H2,1H3. The van der Waals surface area contributed by atoms with Crippen LogP contribution in [0.15, 0.2) is 66.2 Å². The molecule has 1 atom stereocenters. The van der Waals surface area contributed by atoms with E-state index in [1.165, 1.54) is 0 Å². The summed E-state index contributed by atoms with van der Waals surface area (Å²) in [6.45, 7) is 2.46. The van der Waals surface area contributed by atoms with Gasteiger partial charge in [-0.3, -0.25) is 0 Å². The summed E-state index contributed by atoms with van der Waals surface area (Å²) in [4.78, 5) is 12.8. The van der Waals surface area contributed by atoms with E-state index in [0.29, 0.717) is 18.1 Å². The highest BCUT2D eigenvalue weighted by molar-refractivity contribution is 14.1. The van der Waals surface area contributed by atoms with Gasteiger partial charge in [0, 0.05) is 5.57 Å². The fraction of sp³-hybridized carbons (Fsp3) is 0.304. The van der Waals surface area contributed by atoms with Crippen molar-refractivity contribution in [3.05, 3.63) is 77.4 Å². The highest BCUT2D eigenvalue weighted by atomic mass is 127. The number of hydrogen-bond acceptors (Lipinski definition) is 3. The van der Waals surface area contributed by atoms with Crippen molar-refractivity contribution < 1.29 is 9.53 Å². The summed E-state index contributed by atoms with van der Waals surface area (Å²) in [5, 5.41) is 9.74. The van der Waals surface area contributed by atoms with E-state index in [2.05, 4.69) is 35.6 Å². The molecule has 0 saturated heterocycles. The van der Waals surface area contributed by atoms with E-state index in [4.69, 9.17) is 4.74 Å². The van der Waals surface area contributed by atoms with Gasteiger partial charge in [-0.25, -0.2) is 4.79 Å². The summed E-state index contributed by atoms with van der Waals surface area (Å²) >= 11 is 2.36. The van der Waals surface area contributed by atoms with E-state index in [1.54, 1.807) is 0 Å². The van der Waals surface area contributed by atoms with Crippen molar-refractivity contribution >= 4 is 34.1 Å². The Labute approximate surface area is 175 Å². The lowest BCUT2D eigenvalue weighted by Gasteiger charge is -2.16. The third kappa shape index (κ3) is 6.21. The van der Waals surface area contributed by atoms with Crippen molar-refractivity contribution in [2.45, 2.75) is 26.2 Å². The zero-order chi connectivity index (χ0) is 19.5. The molecule has 0 amide bonds. The molecule has 0 aliphatic heterocycles. The highest BCUT2D eigenvalue weighted by Crippen LogP contribution is 2.27. The fourth-order valence-electron chi connectivity index (χ4n) is 2.91. The van der Waals surface area contributed by atoms with Crippen molar-refractivity contribution in [2.24, 2.45) is 5.92 Å². The van der Waals surface area contributed by atoms with Gasteiger partial charge in [0.15, 0.2) is 0 Å². The summed E-state index contributed by atoms with van der Waals surface area (Å²) in [7, 11) is 0. The Morgan fingerprint density at radius 3 is 2.07 bits per heavy atom. The Morgan fingerprint density at radius 1 is 1.07 bits per heavy atom. The number of alkyl halides is 1. The summed E-state index contributed by atoms with van der Waals surface area (Å²) in [6, 6.07) is 21.1. The molecule has 2 rings (SSSR count). The zero-order valence-corrected chi connectivity index (χ0v) is 17.7. The van der Waals surface area contributed by atoms with E-state index >= 15 is 0 Å². The van der Waals surface area contributed by atoms with E-state index in [0.717, 1.165) is 34.8 Å². The first kappa shape index (κ1) is 21.2. The number of benzene rings is 2. The van der Waals surface area contributed by atoms with Gasteiger partial charge in [0.05, 0.1) is 6.61 Å². The fourth-order valence-corrected chi connectivity index (χ4v) is 3.35. The van der Waals surface area contributed by atoms with Gasteiger partial charge in [-0.1, -0.05) is 96.6 Å². The Bertz CT molecular complexity index is 753. The summed E-state index contributed by atoms with van der Waals surface area (Å²) in [6.07, 6.45) is 3.10. The molecule has 1 unspecified atom stereocenters. The van der Waals surface area contributed by atoms with Crippen molar-refractivity contribution in [1.29, 1.82) is 5.26 Å². The molecule has 0 spiro atoms. The SMILES string of the molecule is CCC(CCCI)COC(=O)C(C#N)=C(c1ccccc1)c1ccccc1. The van der Waals surface area contributed by atoms with Gasteiger partial charge in [0.1, 0.15) is 11.6 Å². The second-order valence-electron chi connectivity index (χ2n) is 6.30. The summed E-state index contributed by atoms with van der Waals surface area (Å²) in [5.41, 5.74) is 2.32. The second-order valence-corrected chi connectivity index (χ2v) is 7.38. The first-order chi connectivity index (χ1) is 13.2. The third-order valence-corrected chi connectivity index (χ3v) is 5.23. The van der Waals surface area contributed by atoms with Crippen molar-refractivity contribution in [2.75, 3.05) is 11.0 Å². The first-order valence-corrected chi connectivity index (χ1v) is 10.7. The molecule has 0 N–H and O–H groups in total. The van der Waals surface area contributed by atoms with Crippen LogP contribution in [0.25, 0.3) is 5.57 Å². The quantitative estimate of drug-likeness (QED) is 0.152. The van der Waals surface area contributed by atoms with Gasteiger partial charge in [-0.2, -0.15) is 5.26 Å². The Balaban J connectivity index is 2.33. The van der Waals surface area contributed by atoms with E-state index in [-0.39, 0.29) is 5.57 Å². The Hall–Kier alpha value is -2.13. The number of ether oxygens (including phenoxy) is 1. The van der Waals surface area contributed by atoms with Crippen molar-refractivity contribution in [3.8, 4) is 6.07 Å². The lowest BCUT2D eigenvalue weighted by Crippen LogP contribution is -2.16. The Morgan fingerprint density at radius 2 is 1.63 bits per heavy atom. The minimum absolute atomic E-state index is 0.0520. The predicted molar refractivity (Wildman–Crippen MR) is 117 cm³/mol. The van der Waals surface area contributed by atoms with Gasteiger partial charge >= 0.3 is 5.97 Å². The van der Waals surface area contributed by atoms with E-state index < -0.39 is 5.97 Å². The maximum absolute atomic E-state index is 12.8. The first-order valence-electron chi connectivity index (χ1n) is 9.19. The topological polar surface area (TPSA) is 50.1 Å². The van der Waals surface area contributed by atoms with Gasteiger partial charge in [0.25, 0.3) is 0 Å². The van der Waals surface area contributed by atoms with Crippen LogP contribution in [0.2, 0.25) is 0 Å². The molecule has 0 bridgehead atoms. The van der Waals surface area contributed by atoms with Gasteiger partial charge in [-0.15, -0.1) is 0 Å². The molecule has 0 fully saturated rings. The minimum atomic E-state index is -0.548. The number of halogens is 1. The molecular weight excluding hydrogens is 449 g/mol. The lowest BCUT2D eigenvalue weighted by molar-refractivity contribution is -0.139.